The molecule has 1 atom stereocenters. The van der Waals surface area contributed by atoms with E-state index in [1.807, 2.05) is 36.5 Å². The van der Waals surface area contributed by atoms with Crippen molar-refractivity contribution < 1.29 is 14.3 Å². The summed E-state index contributed by atoms with van der Waals surface area (Å²) in [4.78, 5) is 16.9. The van der Waals surface area contributed by atoms with Gasteiger partial charge in [0.1, 0.15) is 5.75 Å². The first kappa shape index (κ1) is 19.8. The third-order valence-electron chi connectivity index (χ3n) is 4.96. The van der Waals surface area contributed by atoms with Crippen molar-refractivity contribution in [3.8, 4) is 5.75 Å². The number of methoxy groups -OCH3 is 1. The zero-order valence-electron chi connectivity index (χ0n) is 15.5. The first-order chi connectivity index (χ1) is 13.2. The molecule has 1 aliphatic heterocycles. The molecule has 0 spiro atoms. The van der Waals surface area contributed by atoms with Crippen LogP contribution in [0, 0.1) is 5.92 Å². The van der Waals surface area contributed by atoms with E-state index in [9.17, 15) is 4.79 Å². The van der Waals surface area contributed by atoms with Gasteiger partial charge in [0.05, 0.1) is 13.2 Å². The Morgan fingerprint density at radius 3 is 2.89 bits per heavy atom. The van der Waals surface area contributed by atoms with Gasteiger partial charge < -0.3 is 14.8 Å². The van der Waals surface area contributed by atoms with Crippen LogP contribution in [0.4, 0.5) is 0 Å². The van der Waals surface area contributed by atoms with Crippen molar-refractivity contribution in [2.75, 3.05) is 20.3 Å². The molecule has 5 nitrogen and oxygen atoms in total. The van der Waals surface area contributed by atoms with Crippen LogP contribution in [0.2, 0.25) is 0 Å². The molecule has 144 valence electrons. The Labute approximate surface area is 168 Å². The number of nitrogens with zero attached hydrogens (tertiary/aromatic N) is 1. The Balaban J connectivity index is 1.67. The molecule has 0 bridgehead atoms. The van der Waals surface area contributed by atoms with Crippen LogP contribution in [0.5, 0.6) is 5.75 Å². The number of halogens is 1. The third kappa shape index (κ3) is 5.53. The topological polar surface area (TPSA) is 60.5 Å². The van der Waals surface area contributed by atoms with E-state index in [1.165, 1.54) is 0 Å². The van der Waals surface area contributed by atoms with Gasteiger partial charge in [-0.3, -0.25) is 9.78 Å². The monoisotopic (exact) mass is 432 g/mol. The third-order valence-corrected chi connectivity index (χ3v) is 5.45. The van der Waals surface area contributed by atoms with Gasteiger partial charge in [-0.2, -0.15) is 0 Å². The maximum Gasteiger partial charge on any atom is 0.220 e. The Hall–Kier alpha value is -1.92. The second-order valence-corrected chi connectivity index (χ2v) is 7.65. The first-order valence-electron chi connectivity index (χ1n) is 9.27. The molecule has 1 fully saturated rings. The van der Waals surface area contributed by atoms with E-state index in [1.54, 1.807) is 13.3 Å². The summed E-state index contributed by atoms with van der Waals surface area (Å²) >= 11 is 3.48. The highest BCUT2D eigenvalue weighted by Crippen LogP contribution is 2.30. The Kier molecular flexibility index (Phi) is 7.24. The lowest BCUT2D eigenvalue weighted by molar-refractivity contribution is -0.122. The average Bonchev–Trinajstić information content (AvgIpc) is 2.72. The smallest absolute Gasteiger partial charge is 0.220 e. The van der Waals surface area contributed by atoms with E-state index >= 15 is 0 Å². The molecule has 2 heterocycles. The molecule has 1 unspecified atom stereocenters. The van der Waals surface area contributed by atoms with Gasteiger partial charge in [-0.25, -0.2) is 0 Å². The molecule has 2 aromatic rings. The van der Waals surface area contributed by atoms with E-state index in [4.69, 9.17) is 9.47 Å². The van der Waals surface area contributed by atoms with E-state index in [0.717, 1.165) is 47.4 Å². The van der Waals surface area contributed by atoms with Gasteiger partial charge in [-0.1, -0.05) is 22.0 Å². The first-order valence-corrected chi connectivity index (χ1v) is 10.1. The van der Waals surface area contributed by atoms with Crippen molar-refractivity contribution >= 4 is 21.8 Å². The van der Waals surface area contributed by atoms with Gasteiger partial charge in [-0.05, 0) is 60.6 Å². The van der Waals surface area contributed by atoms with Crippen LogP contribution >= 0.6 is 15.9 Å². The van der Waals surface area contributed by atoms with E-state index in [0.29, 0.717) is 18.8 Å². The predicted molar refractivity (Wildman–Crippen MR) is 108 cm³/mol. The number of nitrogens with one attached hydrogen (secondary N) is 1. The summed E-state index contributed by atoms with van der Waals surface area (Å²) in [6.45, 7) is 1.49. The number of ether oxygens (including phenoxy) is 2. The maximum atomic E-state index is 12.7. The Morgan fingerprint density at radius 1 is 1.37 bits per heavy atom. The standard InChI is InChI=1S/C21H25BrN2O3/c1-26-19-6-5-18(22)13-16(19)4-7-20(25)24-21(15-8-11-27-12-9-15)17-3-2-10-23-14-17/h2-3,5-6,10,13-15,21H,4,7-9,11-12H2,1H3,(H,24,25). The second-order valence-electron chi connectivity index (χ2n) is 6.74. The minimum Gasteiger partial charge on any atom is -0.496 e. The van der Waals surface area contributed by atoms with E-state index in [-0.39, 0.29) is 11.9 Å². The van der Waals surface area contributed by atoms with Crippen molar-refractivity contribution in [3.63, 3.8) is 0 Å². The van der Waals surface area contributed by atoms with Crippen molar-refractivity contribution in [3.05, 3.63) is 58.3 Å². The number of pyridine rings is 1. The minimum atomic E-state index is -0.0282. The van der Waals surface area contributed by atoms with Gasteiger partial charge in [0.25, 0.3) is 0 Å². The fraction of sp³-hybridized carbons (Fsp3) is 0.429. The number of benzene rings is 1. The molecule has 1 N–H and O–H groups in total. The van der Waals surface area contributed by atoms with Crippen molar-refractivity contribution in [1.82, 2.24) is 10.3 Å². The fourth-order valence-corrected chi connectivity index (χ4v) is 3.93. The lowest BCUT2D eigenvalue weighted by Gasteiger charge is -2.31. The Morgan fingerprint density at radius 2 is 2.19 bits per heavy atom. The molecule has 1 aromatic heterocycles. The van der Waals surface area contributed by atoms with Gasteiger partial charge in [0.15, 0.2) is 0 Å². The molecule has 1 saturated heterocycles. The highest BCUT2D eigenvalue weighted by molar-refractivity contribution is 9.10. The summed E-state index contributed by atoms with van der Waals surface area (Å²) in [7, 11) is 1.65. The summed E-state index contributed by atoms with van der Waals surface area (Å²) in [5.74, 6) is 1.21. The van der Waals surface area contributed by atoms with Crippen molar-refractivity contribution in [1.29, 1.82) is 0 Å². The van der Waals surface area contributed by atoms with Crippen molar-refractivity contribution in [2.45, 2.75) is 31.7 Å². The summed E-state index contributed by atoms with van der Waals surface area (Å²) in [6, 6.07) is 9.78. The number of hydrogen-bond acceptors (Lipinski definition) is 4. The number of carbonyl (C=O) groups excluding carboxylic acids is 1. The molecule has 1 aliphatic rings. The number of aromatic nitrogens is 1. The molecule has 1 aromatic carbocycles. The molecule has 0 saturated carbocycles. The zero-order valence-corrected chi connectivity index (χ0v) is 17.1. The normalized spacial score (nSPS) is 15.9. The Bertz CT molecular complexity index is 748. The van der Waals surface area contributed by atoms with Gasteiger partial charge in [0, 0.05) is 36.5 Å². The van der Waals surface area contributed by atoms with Gasteiger partial charge in [-0.15, -0.1) is 0 Å². The van der Waals surface area contributed by atoms with Crippen LogP contribution in [-0.4, -0.2) is 31.2 Å². The largest absolute Gasteiger partial charge is 0.496 e. The molecule has 1 amide bonds. The summed E-state index contributed by atoms with van der Waals surface area (Å²) in [5, 5.41) is 3.24. The number of amides is 1. The van der Waals surface area contributed by atoms with E-state index in [2.05, 4.69) is 26.2 Å². The minimum absolute atomic E-state index is 0.0282. The highest BCUT2D eigenvalue weighted by atomic mass is 79.9. The van der Waals surface area contributed by atoms with Crippen LogP contribution in [0.15, 0.2) is 47.2 Å². The van der Waals surface area contributed by atoms with E-state index < -0.39 is 0 Å². The maximum absolute atomic E-state index is 12.7. The van der Waals surface area contributed by atoms with Crippen LogP contribution in [-0.2, 0) is 16.0 Å². The van der Waals surface area contributed by atoms with Crippen LogP contribution in [0.1, 0.15) is 36.4 Å². The summed E-state index contributed by atoms with van der Waals surface area (Å²) in [5.41, 5.74) is 2.07. The fourth-order valence-electron chi connectivity index (χ4n) is 3.52. The number of rotatable bonds is 7. The molecule has 3 rings (SSSR count). The SMILES string of the molecule is COc1ccc(Br)cc1CCC(=O)NC(c1cccnc1)C1CCOCC1. The molecule has 27 heavy (non-hydrogen) atoms. The van der Waals surface area contributed by atoms with Crippen LogP contribution in [0.3, 0.4) is 0 Å². The number of aryl methyl sites for hydroxylation is 1. The lowest BCUT2D eigenvalue weighted by atomic mass is 9.87. The average molecular weight is 433 g/mol. The van der Waals surface area contributed by atoms with Crippen molar-refractivity contribution in [2.24, 2.45) is 5.92 Å². The zero-order chi connectivity index (χ0) is 19.1. The molecule has 0 aliphatic carbocycles. The number of carbonyl (C=O) groups is 1. The van der Waals surface area contributed by atoms with Gasteiger partial charge >= 0.3 is 0 Å². The summed E-state index contributed by atoms with van der Waals surface area (Å²) < 4.78 is 11.9. The summed E-state index contributed by atoms with van der Waals surface area (Å²) in [6.07, 6.45) is 6.52. The lowest BCUT2D eigenvalue weighted by Crippen LogP contribution is -2.36. The predicted octanol–water partition coefficient (Wildman–Crippen LogP) is 4.07. The highest BCUT2D eigenvalue weighted by Gasteiger charge is 2.27. The number of hydrogen-bond donors (Lipinski definition) is 1. The molecule has 0 radical (unpaired) electrons. The quantitative estimate of drug-likeness (QED) is 0.715. The second kappa shape index (κ2) is 9.85. The molecule has 6 heteroatoms. The molecular weight excluding hydrogens is 408 g/mol. The van der Waals surface area contributed by atoms with Gasteiger partial charge in [0.2, 0.25) is 5.91 Å². The van der Waals surface area contributed by atoms with Crippen LogP contribution < -0.4 is 10.1 Å². The van der Waals surface area contributed by atoms with Crippen LogP contribution in [0.25, 0.3) is 0 Å². The molecular formula is C21H25BrN2O3.